The highest BCUT2D eigenvalue weighted by Crippen LogP contribution is 2.18. The molecule has 0 saturated heterocycles. The van der Waals surface area contributed by atoms with Crippen LogP contribution in [0.15, 0.2) is 4.79 Å². The lowest BCUT2D eigenvalue weighted by Gasteiger charge is -2.11. The minimum Gasteiger partial charge on any atom is -0.393 e. The van der Waals surface area contributed by atoms with E-state index in [-0.39, 0.29) is 11.5 Å². The lowest BCUT2D eigenvalue weighted by atomic mass is 10.1. The molecule has 4 heteroatoms. The Labute approximate surface area is 90.7 Å². The van der Waals surface area contributed by atoms with Crippen molar-refractivity contribution in [3.05, 3.63) is 16.0 Å². The molecule has 1 heterocycles. The van der Waals surface area contributed by atoms with Gasteiger partial charge in [-0.15, -0.1) is 0 Å². The van der Waals surface area contributed by atoms with Crippen LogP contribution in [0.2, 0.25) is 0 Å². The zero-order valence-corrected chi connectivity index (χ0v) is 10.1. The van der Waals surface area contributed by atoms with E-state index in [1.165, 1.54) is 0 Å². The second-order valence-electron chi connectivity index (χ2n) is 4.26. The van der Waals surface area contributed by atoms with Crippen molar-refractivity contribution >= 4 is 5.69 Å². The maximum Gasteiger partial charge on any atom is 0.290 e. The van der Waals surface area contributed by atoms with Gasteiger partial charge in [0, 0.05) is 13.6 Å². The number of nitrogen functional groups attached to an aromatic ring is 1. The summed E-state index contributed by atoms with van der Waals surface area (Å²) >= 11 is 0. The van der Waals surface area contributed by atoms with Gasteiger partial charge in [-0.25, -0.2) is 4.68 Å². The van der Waals surface area contributed by atoms with Gasteiger partial charge in [0.2, 0.25) is 0 Å². The number of nitrogens with two attached hydrogens (primary N) is 1. The molecule has 1 aromatic heterocycles. The number of rotatable bonds is 4. The molecule has 1 rings (SSSR count). The van der Waals surface area contributed by atoms with Gasteiger partial charge in [-0.05, 0) is 12.3 Å². The van der Waals surface area contributed by atoms with E-state index in [4.69, 9.17) is 5.73 Å². The molecule has 0 saturated carbocycles. The summed E-state index contributed by atoms with van der Waals surface area (Å²) in [6.45, 7) is 6.97. The molecule has 0 aromatic carbocycles. The Morgan fingerprint density at radius 1 is 1.40 bits per heavy atom. The topological polar surface area (TPSA) is 52.9 Å². The van der Waals surface area contributed by atoms with Gasteiger partial charge in [0.05, 0.1) is 5.69 Å². The van der Waals surface area contributed by atoms with Crippen LogP contribution >= 0.6 is 0 Å². The minimum atomic E-state index is -0.0466. The summed E-state index contributed by atoms with van der Waals surface area (Å²) < 4.78 is 3.63. The lowest BCUT2D eigenvalue weighted by Crippen LogP contribution is -2.22. The Hall–Kier alpha value is -1.19. The maximum absolute atomic E-state index is 11.8. The first-order valence-electron chi connectivity index (χ1n) is 5.55. The van der Waals surface area contributed by atoms with Crippen molar-refractivity contribution in [1.82, 2.24) is 9.36 Å². The zero-order chi connectivity index (χ0) is 11.6. The first kappa shape index (κ1) is 11.9. The fraction of sp³-hybridized carbons (Fsp3) is 0.727. The van der Waals surface area contributed by atoms with Gasteiger partial charge in [-0.1, -0.05) is 27.2 Å². The molecule has 0 spiro atoms. The maximum atomic E-state index is 11.8. The molecule has 15 heavy (non-hydrogen) atoms. The summed E-state index contributed by atoms with van der Waals surface area (Å²) in [6.07, 6.45) is 2.09. The van der Waals surface area contributed by atoms with Crippen molar-refractivity contribution in [2.45, 2.75) is 46.1 Å². The molecule has 0 aliphatic rings. The quantitative estimate of drug-likeness (QED) is 0.824. The first-order valence-corrected chi connectivity index (χ1v) is 5.55. The van der Waals surface area contributed by atoms with Crippen LogP contribution in [0.1, 0.15) is 45.2 Å². The van der Waals surface area contributed by atoms with Crippen LogP contribution in [0.4, 0.5) is 5.69 Å². The first-order chi connectivity index (χ1) is 7.00. The molecule has 0 fully saturated rings. The predicted molar refractivity (Wildman–Crippen MR) is 63.1 cm³/mol. The van der Waals surface area contributed by atoms with Crippen molar-refractivity contribution in [1.29, 1.82) is 0 Å². The second-order valence-corrected chi connectivity index (χ2v) is 4.26. The molecule has 0 unspecified atom stereocenters. The molecular formula is C11H21N3O. The van der Waals surface area contributed by atoms with Crippen molar-refractivity contribution in [3.63, 3.8) is 0 Å². The van der Waals surface area contributed by atoms with Crippen molar-refractivity contribution in [2.24, 2.45) is 7.05 Å². The number of aromatic nitrogens is 2. The van der Waals surface area contributed by atoms with E-state index >= 15 is 0 Å². The van der Waals surface area contributed by atoms with E-state index in [2.05, 4.69) is 20.8 Å². The second kappa shape index (κ2) is 4.55. The van der Waals surface area contributed by atoms with Crippen LogP contribution in [-0.2, 0) is 13.6 Å². The summed E-state index contributed by atoms with van der Waals surface area (Å²) in [5.74, 6) is 0.283. The largest absolute Gasteiger partial charge is 0.393 e. The predicted octanol–water partition coefficient (Wildman–Crippen LogP) is 1.69. The van der Waals surface area contributed by atoms with E-state index in [9.17, 15) is 4.79 Å². The lowest BCUT2D eigenvalue weighted by molar-refractivity contribution is 0.458. The normalized spacial score (nSPS) is 11.3. The molecular weight excluding hydrogens is 190 g/mol. The third kappa shape index (κ3) is 2.08. The standard InChI is InChI=1S/C11H21N3O/c1-5-6-7-14-11(15)9(12)10(8(2)3)13(14)4/h8H,5-7,12H2,1-4H3. The van der Waals surface area contributed by atoms with Gasteiger partial charge < -0.3 is 5.73 Å². The summed E-state index contributed by atoms with van der Waals surface area (Å²) in [5.41, 5.74) is 7.12. The van der Waals surface area contributed by atoms with E-state index in [1.807, 2.05) is 11.7 Å². The van der Waals surface area contributed by atoms with Crippen LogP contribution in [0.25, 0.3) is 0 Å². The fourth-order valence-electron chi connectivity index (χ4n) is 1.93. The van der Waals surface area contributed by atoms with Gasteiger partial charge in [-0.2, -0.15) is 0 Å². The van der Waals surface area contributed by atoms with Gasteiger partial charge in [-0.3, -0.25) is 9.48 Å². The third-order valence-corrected chi connectivity index (χ3v) is 2.72. The molecule has 2 N–H and O–H groups in total. The van der Waals surface area contributed by atoms with E-state index in [0.717, 1.165) is 25.1 Å². The molecule has 0 amide bonds. The highest BCUT2D eigenvalue weighted by atomic mass is 16.1. The molecule has 0 bridgehead atoms. The Balaban J connectivity index is 3.18. The number of anilines is 1. The molecule has 0 radical (unpaired) electrons. The van der Waals surface area contributed by atoms with E-state index in [1.54, 1.807) is 4.68 Å². The number of hydrogen-bond donors (Lipinski definition) is 1. The van der Waals surface area contributed by atoms with Crippen LogP contribution in [0.5, 0.6) is 0 Å². The Morgan fingerprint density at radius 2 is 2.00 bits per heavy atom. The van der Waals surface area contributed by atoms with Gasteiger partial charge in [0.1, 0.15) is 5.69 Å². The zero-order valence-electron chi connectivity index (χ0n) is 10.1. The summed E-state index contributed by atoms with van der Waals surface area (Å²) in [6, 6.07) is 0. The van der Waals surface area contributed by atoms with Crippen molar-refractivity contribution in [2.75, 3.05) is 5.73 Å². The Kier molecular flexibility index (Phi) is 3.61. The Morgan fingerprint density at radius 3 is 2.40 bits per heavy atom. The van der Waals surface area contributed by atoms with E-state index in [0.29, 0.717) is 5.69 Å². The van der Waals surface area contributed by atoms with Crippen molar-refractivity contribution in [3.8, 4) is 0 Å². The van der Waals surface area contributed by atoms with Crippen LogP contribution in [0.3, 0.4) is 0 Å². The number of hydrogen-bond acceptors (Lipinski definition) is 2. The monoisotopic (exact) mass is 211 g/mol. The highest BCUT2D eigenvalue weighted by Gasteiger charge is 2.16. The fourth-order valence-corrected chi connectivity index (χ4v) is 1.93. The van der Waals surface area contributed by atoms with E-state index < -0.39 is 0 Å². The summed E-state index contributed by atoms with van der Waals surface area (Å²) in [4.78, 5) is 11.8. The smallest absolute Gasteiger partial charge is 0.290 e. The SMILES string of the molecule is CCCCn1c(=O)c(N)c(C(C)C)n1C. The molecule has 0 aliphatic heterocycles. The summed E-state index contributed by atoms with van der Waals surface area (Å²) in [5, 5.41) is 0. The van der Waals surface area contributed by atoms with Crippen LogP contribution < -0.4 is 11.3 Å². The van der Waals surface area contributed by atoms with Crippen LogP contribution in [0, 0.1) is 0 Å². The average Bonchev–Trinajstić information content (AvgIpc) is 2.37. The van der Waals surface area contributed by atoms with Crippen molar-refractivity contribution < 1.29 is 0 Å². The molecule has 0 aliphatic carbocycles. The molecule has 0 atom stereocenters. The minimum absolute atomic E-state index is 0.0466. The van der Waals surface area contributed by atoms with Gasteiger partial charge in [0.25, 0.3) is 5.56 Å². The Bertz CT molecular complexity index is 387. The molecule has 1 aromatic rings. The number of nitrogens with zero attached hydrogens (tertiary/aromatic N) is 2. The molecule has 86 valence electrons. The third-order valence-electron chi connectivity index (χ3n) is 2.72. The highest BCUT2D eigenvalue weighted by molar-refractivity contribution is 5.43. The van der Waals surface area contributed by atoms with Gasteiger partial charge in [0.15, 0.2) is 0 Å². The molecule has 4 nitrogen and oxygen atoms in total. The number of unbranched alkanes of at least 4 members (excludes halogenated alkanes) is 1. The summed E-state index contributed by atoms with van der Waals surface area (Å²) in [7, 11) is 1.91. The van der Waals surface area contributed by atoms with Gasteiger partial charge >= 0.3 is 0 Å². The van der Waals surface area contributed by atoms with Crippen LogP contribution in [-0.4, -0.2) is 9.36 Å². The average molecular weight is 211 g/mol.